The highest BCUT2D eigenvalue weighted by Crippen LogP contribution is 2.33. The van der Waals surface area contributed by atoms with Gasteiger partial charge in [0.05, 0.1) is 47.3 Å². The maximum atomic E-state index is 15.4. The zero-order valence-corrected chi connectivity index (χ0v) is 36.2. The highest BCUT2D eigenvalue weighted by molar-refractivity contribution is 6.25. The van der Waals surface area contributed by atoms with Crippen LogP contribution in [0.1, 0.15) is 96.2 Å². The van der Waals surface area contributed by atoms with E-state index in [-0.39, 0.29) is 48.0 Å². The van der Waals surface area contributed by atoms with Crippen LogP contribution in [0.4, 0.5) is 14.5 Å². The van der Waals surface area contributed by atoms with Gasteiger partial charge >= 0.3 is 0 Å². The molecular formula is C48H53F2N9O6. The number of nitrogens with one attached hydrogen (secondary N) is 4. The van der Waals surface area contributed by atoms with Gasteiger partial charge in [0.1, 0.15) is 17.7 Å². The molecule has 1 unspecified atom stereocenters. The Balaban J connectivity index is 0.762. The number of hydrogen-bond donors (Lipinski definition) is 4. The fourth-order valence-corrected chi connectivity index (χ4v) is 8.97. The fourth-order valence-electron chi connectivity index (χ4n) is 8.97. The van der Waals surface area contributed by atoms with Crippen molar-refractivity contribution in [3.63, 3.8) is 0 Å². The standard InChI is InChI=1S/C48H53F2N9O6/c49-36-24-30(25-37(50)35(36)29-57-20-22-65-23-21-57)33-8-6-11-39-45(33)55-40(28-54-39)31(26-51)27-53-32-15-18-58(19-16-32)43(61)12-4-2-1-3-5-17-52-38-10-7-9-34-44(38)48(64)59(47(34)63)41-13-14-42(60)56-46(41)62/h6-11,24-28,32,41,51-53H,1-5,12-23,29H2,(H,56,60,62)/b31-27+,51-26?. The Morgan fingerprint density at radius 2 is 1.62 bits per heavy atom. The van der Waals surface area contributed by atoms with Crippen molar-refractivity contribution in [2.24, 2.45) is 0 Å². The molecule has 5 amide bonds. The van der Waals surface area contributed by atoms with E-state index < -0.39 is 41.3 Å². The predicted molar refractivity (Wildman–Crippen MR) is 240 cm³/mol. The summed E-state index contributed by atoms with van der Waals surface area (Å²) < 4.78 is 36.1. The number of imide groups is 2. The molecule has 0 spiro atoms. The molecule has 3 aromatic carbocycles. The monoisotopic (exact) mass is 889 g/mol. The van der Waals surface area contributed by atoms with E-state index in [1.54, 1.807) is 48.8 Å². The maximum absolute atomic E-state index is 15.4. The van der Waals surface area contributed by atoms with Crippen LogP contribution in [0.5, 0.6) is 0 Å². The van der Waals surface area contributed by atoms with Crippen molar-refractivity contribution in [3.8, 4) is 11.1 Å². The number of anilines is 1. The number of benzene rings is 3. The number of piperidine rings is 2. The number of carbonyl (C=O) groups excluding carboxylic acids is 5. The molecule has 5 heterocycles. The van der Waals surface area contributed by atoms with Crippen LogP contribution < -0.4 is 16.0 Å². The molecule has 65 heavy (non-hydrogen) atoms. The van der Waals surface area contributed by atoms with Crippen molar-refractivity contribution in [2.45, 2.75) is 82.8 Å². The molecule has 4 N–H and O–H groups in total. The fraction of sp³-hybridized carbons (Fsp3) is 0.417. The molecule has 8 rings (SSSR count). The van der Waals surface area contributed by atoms with E-state index >= 15 is 8.78 Å². The van der Waals surface area contributed by atoms with Gasteiger partial charge in [0.25, 0.3) is 11.8 Å². The summed E-state index contributed by atoms with van der Waals surface area (Å²) in [6.45, 7) is 4.28. The Morgan fingerprint density at radius 3 is 2.37 bits per heavy atom. The number of aromatic nitrogens is 2. The van der Waals surface area contributed by atoms with Crippen molar-refractivity contribution in [1.82, 2.24) is 35.3 Å². The Hall–Kier alpha value is -6.46. The molecule has 0 saturated carbocycles. The number of halogens is 2. The Kier molecular flexibility index (Phi) is 14.3. The summed E-state index contributed by atoms with van der Waals surface area (Å²) in [4.78, 5) is 77.8. The number of nitrogens with zero attached hydrogens (tertiary/aromatic N) is 5. The van der Waals surface area contributed by atoms with Gasteiger partial charge in [-0.05, 0) is 68.0 Å². The molecule has 15 nitrogen and oxygen atoms in total. The molecule has 4 aromatic rings. The van der Waals surface area contributed by atoms with Crippen molar-refractivity contribution in [3.05, 3.63) is 94.9 Å². The normalized spacial score (nSPS) is 18.6. The lowest BCUT2D eigenvalue weighted by Gasteiger charge is -2.32. The summed E-state index contributed by atoms with van der Waals surface area (Å²) in [5.74, 6) is -3.24. The number of morpholine rings is 1. The van der Waals surface area contributed by atoms with Gasteiger partial charge in [-0.3, -0.25) is 44.1 Å². The van der Waals surface area contributed by atoms with Gasteiger partial charge < -0.3 is 25.7 Å². The quantitative estimate of drug-likeness (QED) is 0.0567. The van der Waals surface area contributed by atoms with Gasteiger partial charge in [-0.2, -0.15) is 0 Å². The van der Waals surface area contributed by atoms with E-state index in [9.17, 15) is 24.0 Å². The van der Waals surface area contributed by atoms with Crippen molar-refractivity contribution >= 4 is 58.0 Å². The lowest BCUT2D eigenvalue weighted by atomic mass is 10.0. The second kappa shape index (κ2) is 20.6. The minimum Gasteiger partial charge on any atom is -0.387 e. The SMILES string of the molecule is N=C/C(=C\NC1CCN(C(=O)CCCCCCCNc2cccc3c2C(=O)N(C2CCC(=O)NC2=O)C3=O)CC1)c1cnc2cccc(-c3cc(F)c(CN4CCOCC4)c(F)c3)c2n1. The highest BCUT2D eigenvalue weighted by Gasteiger charge is 2.45. The second-order valence-electron chi connectivity index (χ2n) is 16.9. The number of hydrogen-bond acceptors (Lipinski definition) is 12. The lowest BCUT2D eigenvalue weighted by Crippen LogP contribution is -2.54. The van der Waals surface area contributed by atoms with E-state index in [4.69, 9.17) is 15.1 Å². The molecule has 3 fully saturated rings. The van der Waals surface area contributed by atoms with Gasteiger partial charge in [0, 0.05) is 93.0 Å². The Bertz CT molecular complexity index is 2500. The maximum Gasteiger partial charge on any atom is 0.264 e. The number of allylic oxidation sites excluding steroid dienone is 1. The molecule has 4 aliphatic heterocycles. The highest BCUT2D eigenvalue weighted by atomic mass is 19.1. The molecule has 0 aliphatic carbocycles. The number of likely N-dealkylation sites (tertiary alicyclic amines) is 1. The zero-order chi connectivity index (χ0) is 45.5. The molecule has 340 valence electrons. The van der Waals surface area contributed by atoms with Gasteiger partial charge in [-0.15, -0.1) is 0 Å². The van der Waals surface area contributed by atoms with E-state index in [1.165, 1.54) is 18.3 Å². The van der Waals surface area contributed by atoms with Gasteiger partial charge in [0.15, 0.2) is 0 Å². The smallest absolute Gasteiger partial charge is 0.264 e. The van der Waals surface area contributed by atoms with Crippen molar-refractivity contribution < 1.29 is 37.5 Å². The first-order valence-corrected chi connectivity index (χ1v) is 22.5. The second-order valence-corrected chi connectivity index (χ2v) is 16.9. The summed E-state index contributed by atoms with van der Waals surface area (Å²) >= 11 is 0. The number of carbonyl (C=O) groups is 5. The van der Waals surface area contributed by atoms with Crippen molar-refractivity contribution in [2.75, 3.05) is 51.3 Å². The van der Waals surface area contributed by atoms with Gasteiger partial charge in [0.2, 0.25) is 17.7 Å². The van der Waals surface area contributed by atoms with Crippen LogP contribution in [0, 0.1) is 17.0 Å². The van der Waals surface area contributed by atoms with Crippen LogP contribution in [0.25, 0.3) is 27.7 Å². The number of para-hydroxylation sites is 1. The largest absolute Gasteiger partial charge is 0.387 e. The van der Waals surface area contributed by atoms with E-state index in [0.29, 0.717) is 91.5 Å². The number of ether oxygens (including phenoxy) is 1. The van der Waals surface area contributed by atoms with Crippen LogP contribution >= 0.6 is 0 Å². The first-order valence-electron chi connectivity index (χ1n) is 22.5. The van der Waals surface area contributed by atoms with E-state index in [0.717, 1.165) is 49.8 Å². The summed E-state index contributed by atoms with van der Waals surface area (Å²) in [5, 5.41) is 17.1. The molecule has 1 aromatic heterocycles. The summed E-state index contributed by atoms with van der Waals surface area (Å²) in [5.41, 5.74) is 3.89. The van der Waals surface area contributed by atoms with Crippen LogP contribution in [-0.4, -0.2) is 118 Å². The third kappa shape index (κ3) is 10.3. The number of amides is 5. The van der Waals surface area contributed by atoms with Crippen LogP contribution in [-0.2, 0) is 25.7 Å². The lowest BCUT2D eigenvalue weighted by molar-refractivity contribution is -0.136. The predicted octanol–water partition coefficient (Wildman–Crippen LogP) is 5.83. The number of fused-ring (bicyclic) bond motifs is 2. The Labute approximate surface area is 375 Å². The van der Waals surface area contributed by atoms with Gasteiger partial charge in [-0.1, -0.05) is 37.5 Å². The third-order valence-electron chi connectivity index (χ3n) is 12.6. The topological polar surface area (TPSA) is 190 Å². The van der Waals surface area contributed by atoms with Crippen LogP contribution in [0.15, 0.2) is 60.9 Å². The summed E-state index contributed by atoms with van der Waals surface area (Å²) in [6.07, 6.45) is 11.0. The molecule has 0 radical (unpaired) electrons. The number of rotatable bonds is 17. The molecule has 17 heteroatoms. The molecule has 0 bridgehead atoms. The molecular weight excluding hydrogens is 837 g/mol. The van der Waals surface area contributed by atoms with Gasteiger partial charge in [-0.25, -0.2) is 13.8 Å². The van der Waals surface area contributed by atoms with Crippen molar-refractivity contribution in [1.29, 1.82) is 5.41 Å². The van der Waals surface area contributed by atoms with Crippen LogP contribution in [0.2, 0.25) is 0 Å². The van der Waals surface area contributed by atoms with E-state index in [2.05, 4.69) is 20.9 Å². The van der Waals surface area contributed by atoms with E-state index in [1.807, 2.05) is 9.80 Å². The molecule has 3 saturated heterocycles. The number of unbranched alkanes of at least 4 members (excludes halogenated alkanes) is 4. The third-order valence-corrected chi connectivity index (χ3v) is 12.6. The minimum absolute atomic E-state index is 0.0206. The molecule has 1 atom stereocenters. The first kappa shape index (κ1) is 45.1. The average molecular weight is 890 g/mol. The minimum atomic E-state index is -1.01. The summed E-state index contributed by atoms with van der Waals surface area (Å²) in [7, 11) is 0. The Morgan fingerprint density at radius 1 is 0.892 bits per heavy atom. The summed E-state index contributed by atoms with van der Waals surface area (Å²) in [6, 6.07) is 12.1. The van der Waals surface area contributed by atoms with Crippen LogP contribution in [0.3, 0.4) is 0 Å². The molecule has 4 aliphatic rings. The first-order chi connectivity index (χ1) is 31.6. The zero-order valence-electron chi connectivity index (χ0n) is 36.2. The average Bonchev–Trinajstić information content (AvgIpc) is 3.57.